The normalized spacial score (nSPS) is 22.8. The molecule has 0 spiro atoms. The summed E-state index contributed by atoms with van der Waals surface area (Å²) in [5, 5.41) is 12.2. The fourth-order valence-corrected chi connectivity index (χ4v) is 4.77. The van der Waals surface area contributed by atoms with Crippen LogP contribution in [0.2, 0.25) is 0 Å². The molecule has 5 rings (SSSR count). The molecule has 2 aliphatic heterocycles. The van der Waals surface area contributed by atoms with E-state index in [2.05, 4.69) is 11.9 Å². The van der Waals surface area contributed by atoms with Crippen LogP contribution in [0.25, 0.3) is 16.7 Å². The van der Waals surface area contributed by atoms with E-state index in [1.165, 1.54) is 0 Å². The Kier molecular flexibility index (Phi) is 5.31. The number of benzene rings is 2. The molecular weight excluding hydrogens is 404 g/mol. The van der Waals surface area contributed by atoms with Crippen LogP contribution in [-0.2, 0) is 20.7 Å². The molecule has 2 saturated heterocycles. The molecule has 2 aromatic carbocycles. The van der Waals surface area contributed by atoms with Crippen LogP contribution < -0.4 is 0 Å². The number of amides is 1. The number of nitrogens with one attached hydrogen (secondary N) is 1. The molecule has 6 heteroatoms. The third-order valence-corrected chi connectivity index (χ3v) is 6.52. The maximum Gasteiger partial charge on any atom is 0.295 e. The molecule has 2 atom stereocenters. The number of aromatic nitrogens is 1. The van der Waals surface area contributed by atoms with Gasteiger partial charge in [0.25, 0.3) is 11.7 Å². The van der Waals surface area contributed by atoms with Gasteiger partial charge in [0.05, 0.1) is 17.7 Å². The van der Waals surface area contributed by atoms with E-state index in [1.807, 2.05) is 42.6 Å². The van der Waals surface area contributed by atoms with E-state index in [4.69, 9.17) is 4.74 Å². The van der Waals surface area contributed by atoms with Gasteiger partial charge in [-0.25, -0.2) is 0 Å². The zero-order valence-electron chi connectivity index (χ0n) is 18.0. The second kappa shape index (κ2) is 8.28. The number of aryl methyl sites for hydroxylation is 1. The minimum atomic E-state index is -0.679. The van der Waals surface area contributed by atoms with E-state index < -0.39 is 17.7 Å². The fraction of sp³-hybridized carbons (Fsp3) is 0.308. The van der Waals surface area contributed by atoms with Crippen LogP contribution in [-0.4, -0.2) is 45.9 Å². The summed E-state index contributed by atoms with van der Waals surface area (Å²) in [5.41, 5.74) is 3.50. The molecule has 164 valence electrons. The number of aliphatic hydroxyl groups is 1. The molecule has 2 fully saturated rings. The number of ether oxygens (including phenoxy) is 1. The number of fused-ring (bicyclic) bond motifs is 1. The number of nitrogens with zero attached hydrogens (tertiary/aromatic N) is 1. The average Bonchev–Trinajstić information content (AvgIpc) is 3.54. The van der Waals surface area contributed by atoms with Crippen LogP contribution in [0.15, 0.2) is 60.3 Å². The van der Waals surface area contributed by atoms with Crippen LogP contribution >= 0.6 is 0 Å². The van der Waals surface area contributed by atoms with Crippen molar-refractivity contribution in [2.75, 3.05) is 13.2 Å². The number of carbonyl (C=O) groups excluding carboxylic acids is 2. The molecule has 1 aromatic heterocycles. The minimum absolute atomic E-state index is 0.107. The number of ketones is 1. The Bertz CT molecular complexity index is 1200. The predicted molar refractivity (Wildman–Crippen MR) is 122 cm³/mol. The van der Waals surface area contributed by atoms with Gasteiger partial charge < -0.3 is 19.7 Å². The molecule has 3 aromatic rings. The van der Waals surface area contributed by atoms with Crippen LogP contribution in [0, 0.1) is 0 Å². The minimum Gasteiger partial charge on any atom is -0.507 e. The van der Waals surface area contributed by atoms with Gasteiger partial charge >= 0.3 is 0 Å². The molecule has 6 nitrogen and oxygen atoms in total. The lowest BCUT2D eigenvalue weighted by molar-refractivity contribution is -0.140. The number of carbonyl (C=O) groups is 2. The first-order valence-corrected chi connectivity index (χ1v) is 11.1. The number of Topliss-reactive ketones (excluding diaryl/α,β-unsaturated/α-hetero) is 1. The van der Waals surface area contributed by atoms with Gasteiger partial charge in [0.2, 0.25) is 0 Å². The fourth-order valence-electron chi connectivity index (χ4n) is 4.77. The highest BCUT2D eigenvalue weighted by atomic mass is 16.5. The van der Waals surface area contributed by atoms with Crippen LogP contribution in [0.5, 0.6) is 0 Å². The SMILES string of the molecule is CCc1ccc(/C(O)=C2\C(=O)C(=O)N(CC3CCCO3)C2c2c[nH]c3ccccc23)cc1. The molecule has 32 heavy (non-hydrogen) atoms. The van der Waals surface area contributed by atoms with Crippen molar-refractivity contribution in [1.82, 2.24) is 9.88 Å². The van der Waals surface area contributed by atoms with Crippen molar-refractivity contribution in [2.24, 2.45) is 0 Å². The van der Waals surface area contributed by atoms with Crippen LogP contribution in [0.1, 0.15) is 42.5 Å². The van der Waals surface area contributed by atoms with Crippen molar-refractivity contribution in [3.8, 4) is 0 Å². The lowest BCUT2D eigenvalue weighted by Gasteiger charge is -2.27. The van der Waals surface area contributed by atoms with Crippen molar-refractivity contribution in [1.29, 1.82) is 0 Å². The first kappa shape index (κ1) is 20.5. The standard InChI is InChI=1S/C26H26N2O4/c1-2-16-9-11-17(12-10-16)24(29)22-23(20-14-27-21-8-4-3-7-19(20)21)28(26(31)25(22)30)15-18-6-5-13-32-18/h3-4,7-12,14,18,23,27,29H,2,5-6,13,15H2,1H3/b24-22+. The highest BCUT2D eigenvalue weighted by Crippen LogP contribution is 2.42. The third kappa shape index (κ3) is 3.41. The van der Waals surface area contributed by atoms with E-state index in [-0.39, 0.29) is 17.4 Å². The summed E-state index contributed by atoms with van der Waals surface area (Å²) in [7, 11) is 0. The number of para-hydroxylation sites is 1. The molecule has 3 heterocycles. The number of likely N-dealkylation sites (tertiary alicyclic amines) is 1. The van der Waals surface area contributed by atoms with E-state index in [0.29, 0.717) is 18.7 Å². The molecule has 0 radical (unpaired) electrons. The van der Waals surface area contributed by atoms with Gasteiger partial charge in [0.15, 0.2) is 0 Å². The van der Waals surface area contributed by atoms with Gasteiger partial charge in [-0.3, -0.25) is 9.59 Å². The average molecular weight is 431 g/mol. The number of rotatable bonds is 5. The zero-order chi connectivity index (χ0) is 22.2. The number of aliphatic hydroxyl groups excluding tert-OH is 1. The Balaban J connectivity index is 1.66. The topological polar surface area (TPSA) is 82.6 Å². The first-order chi connectivity index (χ1) is 15.6. The van der Waals surface area contributed by atoms with Gasteiger partial charge in [0.1, 0.15) is 5.76 Å². The highest BCUT2D eigenvalue weighted by Gasteiger charge is 2.47. The summed E-state index contributed by atoms with van der Waals surface area (Å²) in [6.45, 7) is 3.04. The van der Waals surface area contributed by atoms with Crippen LogP contribution in [0.4, 0.5) is 0 Å². The summed E-state index contributed by atoms with van der Waals surface area (Å²) >= 11 is 0. The lowest BCUT2D eigenvalue weighted by atomic mass is 9.94. The molecule has 2 aliphatic rings. The number of hydrogen-bond acceptors (Lipinski definition) is 4. The third-order valence-electron chi connectivity index (χ3n) is 6.52. The van der Waals surface area contributed by atoms with Gasteiger partial charge in [0, 0.05) is 41.4 Å². The van der Waals surface area contributed by atoms with Crippen molar-refractivity contribution in [3.63, 3.8) is 0 Å². The summed E-state index contributed by atoms with van der Waals surface area (Å²) in [4.78, 5) is 31.2. The second-order valence-electron chi connectivity index (χ2n) is 8.43. The maximum atomic E-state index is 13.2. The van der Waals surface area contributed by atoms with Gasteiger partial charge in [-0.1, -0.05) is 49.4 Å². The van der Waals surface area contributed by atoms with E-state index in [0.717, 1.165) is 41.3 Å². The summed E-state index contributed by atoms with van der Waals surface area (Å²) in [6, 6.07) is 14.5. The van der Waals surface area contributed by atoms with Gasteiger partial charge in [-0.2, -0.15) is 0 Å². The Morgan fingerprint density at radius 3 is 2.66 bits per heavy atom. The van der Waals surface area contributed by atoms with E-state index in [9.17, 15) is 14.7 Å². The molecular formula is C26H26N2O4. The molecule has 1 amide bonds. The summed E-state index contributed by atoms with van der Waals surface area (Å²) in [5.74, 6) is -1.39. The lowest BCUT2D eigenvalue weighted by Crippen LogP contribution is -2.36. The Labute approximate surface area is 186 Å². The zero-order valence-corrected chi connectivity index (χ0v) is 18.0. The molecule has 2 N–H and O–H groups in total. The predicted octanol–water partition coefficient (Wildman–Crippen LogP) is 4.33. The van der Waals surface area contributed by atoms with Crippen molar-refractivity contribution in [3.05, 3.63) is 77.0 Å². The molecule has 0 bridgehead atoms. The summed E-state index contributed by atoms with van der Waals surface area (Å²) in [6.07, 6.45) is 4.39. The van der Waals surface area contributed by atoms with E-state index in [1.54, 1.807) is 17.0 Å². The quantitative estimate of drug-likeness (QED) is 0.359. The Hall–Kier alpha value is -3.38. The van der Waals surface area contributed by atoms with E-state index >= 15 is 0 Å². The molecule has 2 unspecified atom stereocenters. The largest absolute Gasteiger partial charge is 0.507 e. The van der Waals surface area contributed by atoms with Crippen molar-refractivity contribution in [2.45, 2.75) is 38.3 Å². The first-order valence-electron chi connectivity index (χ1n) is 11.1. The number of H-pyrrole nitrogens is 1. The molecule has 0 aliphatic carbocycles. The van der Waals surface area contributed by atoms with Gasteiger partial charge in [-0.15, -0.1) is 0 Å². The molecule has 0 saturated carbocycles. The van der Waals surface area contributed by atoms with Crippen molar-refractivity contribution >= 4 is 28.4 Å². The van der Waals surface area contributed by atoms with Crippen molar-refractivity contribution < 1.29 is 19.4 Å². The monoisotopic (exact) mass is 430 g/mol. The summed E-state index contributed by atoms with van der Waals surface area (Å²) < 4.78 is 5.77. The Morgan fingerprint density at radius 2 is 1.94 bits per heavy atom. The number of aromatic amines is 1. The smallest absolute Gasteiger partial charge is 0.295 e. The second-order valence-corrected chi connectivity index (χ2v) is 8.43. The maximum absolute atomic E-state index is 13.2. The highest BCUT2D eigenvalue weighted by molar-refractivity contribution is 6.46. The van der Waals surface area contributed by atoms with Crippen LogP contribution in [0.3, 0.4) is 0 Å². The van der Waals surface area contributed by atoms with Gasteiger partial charge in [-0.05, 0) is 30.9 Å². The number of hydrogen-bond donors (Lipinski definition) is 2. The Morgan fingerprint density at radius 1 is 1.16 bits per heavy atom.